The zero-order valence-corrected chi connectivity index (χ0v) is 22.4. The summed E-state index contributed by atoms with van der Waals surface area (Å²) in [4.78, 5) is 9.53. The molecule has 0 fully saturated rings. The molecule has 0 amide bonds. The van der Waals surface area contributed by atoms with E-state index in [2.05, 4.69) is 83.9 Å². The van der Waals surface area contributed by atoms with Gasteiger partial charge in [0, 0.05) is 25.2 Å². The van der Waals surface area contributed by atoms with E-state index in [4.69, 9.17) is 15.5 Å². The predicted molar refractivity (Wildman–Crippen MR) is 151 cm³/mol. The number of ether oxygens (including phenoxy) is 1. The largest absolute Gasteiger partial charge is 0.494 e. The van der Waals surface area contributed by atoms with Crippen LogP contribution >= 0.6 is 0 Å². The zero-order chi connectivity index (χ0) is 26.6. The van der Waals surface area contributed by atoms with Gasteiger partial charge in [0.05, 0.1) is 19.2 Å². The van der Waals surface area contributed by atoms with Gasteiger partial charge >= 0.3 is 0 Å². The fourth-order valence-corrected chi connectivity index (χ4v) is 5.05. The molecule has 0 radical (unpaired) electrons. The normalized spacial score (nSPS) is 15.6. The van der Waals surface area contributed by atoms with Crippen LogP contribution in [0.3, 0.4) is 0 Å². The van der Waals surface area contributed by atoms with Crippen molar-refractivity contribution in [1.82, 2.24) is 19.4 Å². The number of benzene rings is 3. The highest BCUT2D eigenvalue weighted by Gasteiger charge is 2.31. The fourth-order valence-electron chi connectivity index (χ4n) is 5.05. The zero-order valence-electron chi connectivity index (χ0n) is 22.4. The number of anilines is 1. The third-order valence-corrected chi connectivity index (χ3v) is 7.06. The average Bonchev–Trinajstić information content (AvgIpc) is 3.24. The summed E-state index contributed by atoms with van der Waals surface area (Å²) in [5.41, 5.74) is 11.9. The summed E-state index contributed by atoms with van der Waals surface area (Å²) in [5.74, 6) is 2.16. The first-order valence-electron chi connectivity index (χ1n) is 13.2. The van der Waals surface area contributed by atoms with Crippen LogP contribution in [0.25, 0.3) is 11.3 Å². The number of aromatic nitrogens is 2. The average molecular weight is 514 g/mol. The number of imidazole rings is 1. The summed E-state index contributed by atoms with van der Waals surface area (Å²) in [5, 5.41) is 0. The summed E-state index contributed by atoms with van der Waals surface area (Å²) in [7, 11) is 4.15. The van der Waals surface area contributed by atoms with Crippen LogP contribution in [0.4, 0.5) is 10.2 Å². The second-order valence-corrected chi connectivity index (χ2v) is 10.4. The monoisotopic (exact) mass is 513 g/mol. The van der Waals surface area contributed by atoms with Crippen LogP contribution < -0.4 is 10.5 Å². The molecule has 1 aromatic heterocycles. The van der Waals surface area contributed by atoms with Crippen molar-refractivity contribution in [2.75, 3.05) is 39.5 Å². The van der Waals surface area contributed by atoms with E-state index in [1.807, 2.05) is 0 Å². The second-order valence-electron chi connectivity index (χ2n) is 10.4. The highest BCUT2D eigenvalue weighted by molar-refractivity contribution is 5.71. The van der Waals surface area contributed by atoms with Crippen molar-refractivity contribution < 1.29 is 9.13 Å². The van der Waals surface area contributed by atoms with E-state index in [-0.39, 0.29) is 11.9 Å². The quantitative estimate of drug-likeness (QED) is 0.299. The van der Waals surface area contributed by atoms with Crippen molar-refractivity contribution in [3.05, 3.63) is 101 Å². The molecule has 6 nitrogen and oxygen atoms in total. The van der Waals surface area contributed by atoms with Gasteiger partial charge in [-0.2, -0.15) is 0 Å². The first-order valence-corrected chi connectivity index (χ1v) is 13.2. The first-order chi connectivity index (χ1) is 18.4. The minimum absolute atomic E-state index is 0.0281. The van der Waals surface area contributed by atoms with E-state index < -0.39 is 0 Å². The van der Waals surface area contributed by atoms with Crippen molar-refractivity contribution >= 4 is 5.82 Å². The molecule has 0 saturated heterocycles. The number of fused-ring (bicyclic) bond motifs is 1. The number of hydrogen-bond acceptors (Lipinski definition) is 5. The van der Waals surface area contributed by atoms with Gasteiger partial charge in [-0.15, -0.1) is 0 Å². The van der Waals surface area contributed by atoms with Crippen LogP contribution in [0.1, 0.15) is 35.0 Å². The predicted octanol–water partition coefficient (Wildman–Crippen LogP) is 5.52. The minimum Gasteiger partial charge on any atom is -0.494 e. The molecule has 1 atom stereocenters. The van der Waals surface area contributed by atoms with Crippen molar-refractivity contribution in [1.29, 1.82) is 0 Å². The lowest BCUT2D eigenvalue weighted by Gasteiger charge is -2.35. The molecule has 7 heteroatoms. The van der Waals surface area contributed by atoms with Crippen molar-refractivity contribution in [2.24, 2.45) is 0 Å². The summed E-state index contributed by atoms with van der Waals surface area (Å²) in [6.07, 6.45) is 0.999. The molecular formula is C31H36FN5O. The van der Waals surface area contributed by atoms with E-state index in [9.17, 15) is 4.39 Å². The van der Waals surface area contributed by atoms with E-state index in [0.29, 0.717) is 24.7 Å². The minimum atomic E-state index is -0.273. The Morgan fingerprint density at radius 3 is 2.39 bits per heavy atom. The van der Waals surface area contributed by atoms with E-state index in [0.717, 1.165) is 43.2 Å². The molecule has 0 aliphatic carbocycles. The number of halogens is 1. The Morgan fingerprint density at radius 1 is 1.00 bits per heavy atom. The Kier molecular flexibility index (Phi) is 7.77. The van der Waals surface area contributed by atoms with Gasteiger partial charge < -0.3 is 19.9 Å². The van der Waals surface area contributed by atoms with Gasteiger partial charge in [-0.1, -0.05) is 42.0 Å². The molecule has 2 heterocycles. The molecule has 0 spiro atoms. The highest BCUT2D eigenvalue weighted by atomic mass is 19.1. The molecule has 1 aliphatic heterocycles. The van der Waals surface area contributed by atoms with Gasteiger partial charge in [-0.3, -0.25) is 4.90 Å². The Hall–Kier alpha value is -3.68. The molecule has 1 unspecified atom stereocenters. The molecule has 1 aliphatic rings. The van der Waals surface area contributed by atoms with Gasteiger partial charge in [-0.25, -0.2) is 9.37 Å². The summed E-state index contributed by atoms with van der Waals surface area (Å²) >= 11 is 0. The van der Waals surface area contributed by atoms with Crippen LogP contribution in [0.2, 0.25) is 0 Å². The van der Waals surface area contributed by atoms with Gasteiger partial charge in [0.25, 0.3) is 0 Å². The molecule has 4 aromatic rings. The van der Waals surface area contributed by atoms with Crippen LogP contribution in [-0.4, -0.2) is 53.1 Å². The van der Waals surface area contributed by atoms with Gasteiger partial charge in [-0.05, 0) is 75.0 Å². The molecule has 0 saturated carbocycles. The Morgan fingerprint density at radius 2 is 1.71 bits per heavy atom. The fraction of sp³-hybridized carbons (Fsp3) is 0.323. The molecule has 3 aromatic carbocycles. The molecular weight excluding hydrogens is 477 g/mol. The SMILES string of the molecule is Cc1ccc(C2CN(Cc3ccc(OCCCN(C)C)cc3)Cc3nc(-c4ccc(F)cc4)c(N)n32)cc1. The lowest BCUT2D eigenvalue weighted by atomic mass is 10.0. The maximum absolute atomic E-state index is 13.6. The van der Waals surface area contributed by atoms with E-state index in [1.54, 1.807) is 12.1 Å². The van der Waals surface area contributed by atoms with Gasteiger partial charge in [0.15, 0.2) is 0 Å². The van der Waals surface area contributed by atoms with Crippen LogP contribution in [0.5, 0.6) is 5.75 Å². The van der Waals surface area contributed by atoms with E-state index >= 15 is 0 Å². The topological polar surface area (TPSA) is 59.6 Å². The summed E-state index contributed by atoms with van der Waals surface area (Å²) in [6, 6.07) is 23.4. The van der Waals surface area contributed by atoms with E-state index in [1.165, 1.54) is 28.8 Å². The van der Waals surface area contributed by atoms with Crippen molar-refractivity contribution in [3.63, 3.8) is 0 Å². The smallest absolute Gasteiger partial charge is 0.132 e. The third kappa shape index (κ3) is 5.90. The molecule has 198 valence electrons. The standard InChI is InChI=1S/C31H36FN5O/c1-22-5-9-24(10-6-22)28-20-36(19-23-7-15-27(16-8-23)38-18-4-17-35(2)3)21-29-34-30(31(33)37(28)29)25-11-13-26(32)14-12-25/h5-16,28H,4,17-21,33H2,1-3H3. The molecule has 0 bridgehead atoms. The molecule has 2 N–H and O–H groups in total. The van der Waals surface area contributed by atoms with Crippen molar-refractivity contribution in [2.45, 2.75) is 32.5 Å². The third-order valence-electron chi connectivity index (χ3n) is 7.06. The first kappa shape index (κ1) is 25.9. The number of aryl methyl sites for hydroxylation is 1. The van der Waals surface area contributed by atoms with Gasteiger partial charge in [0.1, 0.15) is 28.9 Å². The van der Waals surface area contributed by atoms with Crippen LogP contribution in [0, 0.1) is 12.7 Å². The Labute approximate surface area is 224 Å². The van der Waals surface area contributed by atoms with Gasteiger partial charge in [0.2, 0.25) is 0 Å². The maximum atomic E-state index is 13.6. The number of nitrogens with zero attached hydrogens (tertiary/aromatic N) is 4. The molecule has 5 rings (SSSR count). The second kappa shape index (κ2) is 11.4. The lowest BCUT2D eigenvalue weighted by molar-refractivity contribution is 0.190. The Bertz CT molecular complexity index is 1350. The number of hydrogen-bond donors (Lipinski definition) is 1. The summed E-state index contributed by atoms with van der Waals surface area (Å²) in [6.45, 7) is 6.09. The maximum Gasteiger partial charge on any atom is 0.132 e. The number of rotatable bonds is 9. The van der Waals surface area contributed by atoms with Crippen molar-refractivity contribution in [3.8, 4) is 17.0 Å². The number of nitrogen functional groups attached to an aromatic ring is 1. The number of nitrogens with two attached hydrogens (primary N) is 1. The highest BCUT2D eigenvalue weighted by Crippen LogP contribution is 2.36. The van der Waals surface area contributed by atoms with Crippen LogP contribution in [-0.2, 0) is 13.1 Å². The summed E-state index contributed by atoms with van der Waals surface area (Å²) < 4.78 is 21.6. The van der Waals surface area contributed by atoms with Crippen LogP contribution in [0.15, 0.2) is 72.8 Å². The molecule has 38 heavy (non-hydrogen) atoms. The Balaban J connectivity index is 1.37. The lowest BCUT2D eigenvalue weighted by Crippen LogP contribution is -2.38.